The van der Waals surface area contributed by atoms with Crippen LogP contribution in [0.4, 0.5) is 0 Å². The number of hydrogen-bond donors (Lipinski definition) is 2. The molecule has 1 fully saturated rings. The van der Waals surface area contributed by atoms with Crippen molar-refractivity contribution in [3.63, 3.8) is 0 Å². The number of nitrogens with two attached hydrogens (primary N) is 1. The third kappa shape index (κ3) is 2.80. The van der Waals surface area contributed by atoms with Crippen molar-refractivity contribution >= 4 is 15.9 Å². The first-order chi connectivity index (χ1) is 7.20. The Morgan fingerprint density at radius 2 is 2.33 bits per heavy atom. The van der Waals surface area contributed by atoms with E-state index in [2.05, 4.69) is 46.5 Å². The predicted octanol–water partition coefficient (Wildman–Crippen LogP) is 2.48. The van der Waals surface area contributed by atoms with Gasteiger partial charge in [0.2, 0.25) is 0 Å². The molecule has 2 rings (SSSR count). The molecule has 1 aromatic carbocycles. The number of rotatable bonds is 4. The minimum atomic E-state index is 0.425. The summed E-state index contributed by atoms with van der Waals surface area (Å²) >= 11 is 3.49. The Morgan fingerprint density at radius 1 is 1.60 bits per heavy atom. The molecule has 2 nitrogen and oxygen atoms in total. The van der Waals surface area contributed by atoms with Crippen molar-refractivity contribution in [2.75, 3.05) is 0 Å². The van der Waals surface area contributed by atoms with Crippen molar-refractivity contribution in [2.24, 2.45) is 17.7 Å². The van der Waals surface area contributed by atoms with E-state index in [1.807, 2.05) is 6.07 Å². The zero-order valence-electron chi connectivity index (χ0n) is 8.91. The normalized spacial score (nSPS) is 26.3. The Kier molecular flexibility index (Phi) is 3.44. The second-order valence-corrected chi connectivity index (χ2v) is 5.40. The maximum absolute atomic E-state index is 5.60. The summed E-state index contributed by atoms with van der Waals surface area (Å²) in [5.74, 6) is 7.19. The summed E-state index contributed by atoms with van der Waals surface area (Å²) in [6, 6.07) is 8.87. The molecule has 1 saturated carbocycles. The van der Waals surface area contributed by atoms with Crippen LogP contribution in [0, 0.1) is 11.8 Å². The van der Waals surface area contributed by atoms with E-state index in [-0.39, 0.29) is 0 Å². The molecule has 15 heavy (non-hydrogen) atoms. The lowest BCUT2D eigenvalue weighted by molar-refractivity contribution is 0.454. The molecule has 3 N–H and O–H groups in total. The van der Waals surface area contributed by atoms with Crippen molar-refractivity contribution in [3.05, 3.63) is 34.3 Å². The van der Waals surface area contributed by atoms with Crippen molar-refractivity contribution in [1.29, 1.82) is 0 Å². The van der Waals surface area contributed by atoms with Crippen LogP contribution in [0.1, 0.15) is 18.9 Å². The fraction of sp³-hybridized carbons (Fsp3) is 0.500. The highest BCUT2D eigenvalue weighted by Gasteiger charge is 2.38. The van der Waals surface area contributed by atoms with Gasteiger partial charge in [0, 0.05) is 10.5 Å². The first-order valence-electron chi connectivity index (χ1n) is 5.41. The summed E-state index contributed by atoms with van der Waals surface area (Å²) in [5.41, 5.74) is 4.29. The lowest BCUT2D eigenvalue weighted by Crippen LogP contribution is -2.38. The van der Waals surface area contributed by atoms with Crippen LogP contribution < -0.4 is 11.3 Å². The molecule has 1 aromatic rings. The van der Waals surface area contributed by atoms with Crippen molar-refractivity contribution in [1.82, 2.24) is 5.43 Å². The average Bonchev–Trinajstić information content (AvgIpc) is 2.92. The van der Waals surface area contributed by atoms with E-state index in [0.717, 1.165) is 22.7 Å². The first-order valence-corrected chi connectivity index (χ1v) is 6.20. The van der Waals surface area contributed by atoms with Crippen LogP contribution in [-0.4, -0.2) is 6.04 Å². The quantitative estimate of drug-likeness (QED) is 0.651. The molecule has 3 atom stereocenters. The van der Waals surface area contributed by atoms with E-state index in [0.29, 0.717) is 6.04 Å². The van der Waals surface area contributed by atoms with E-state index >= 15 is 0 Å². The SMILES string of the molecule is CC1CC1C(Cc1cccc(Br)c1)NN. The third-order valence-corrected chi connectivity index (χ3v) is 3.74. The van der Waals surface area contributed by atoms with Gasteiger partial charge in [-0.05, 0) is 42.4 Å². The van der Waals surface area contributed by atoms with Gasteiger partial charge in [0.1, 0.15) is 0 Å². The molecule has 0 aliphatic heterocycles. The van der Waals surface area contributed by atoms with Crippen LogP contribution >= 0.6 is 15.9 Å². The van der Waals surface area contributed by atoms with Gasteiger partial charge in [-0.15, -0.1) is 0 Å². The number of halogens is 1. The van der Waals surface area contributed by atoms with Crippen LogP contribution in [0.5, 0.6) is 0 Å². The van der Waals surface area contributed by atoms with Crippen molar-refractivity contribution in [2.45, 2.75) is 25.8 Å². The highest BCUT2D eigenvalue weighted by atomic mass is 79.9. The largest absolute Gasteiger partial charge is 0.271 e. The lowest BCUT2D eigenvalue weighted by atomic mass is 10.0. The summed E-state index contributed by atoms with van der Waals surface area (Å²) in [4.78, 5) is 0. The average molecular weight is 269 g/mol. The smallest absolute Gasteiger partial charge is 0.0281 e. The molecule has 82 valence electrons. The van der Waals surface area contributed by atoms with Crippen LogP contribution in [0.15, 0.2) is 28.7 Å². The molecule has 0 bridgehead atoms. The summed E-state index contributed by atoms with van der Waals surface area (Å²) in [6.07, 6.45) is 2.33. The second-order valence-electron chi connectivity index (χ2n) is 4.48. The molecule has 0 saturated heterocycles. The van der Waals surface area contributed by atoms with E-state index in [4.69, 9.17) is 5.84 Å². The summed E-state index contributed by atoms with van der Waals surface area (Å²) < 4.78 is 1.14. The Hall–Kier alpha value is -0.380. The maximum atomic E-state index is 5.60. The van der Waals surface area contributed by atoms with Gasteiger partial charge in [-0.2, -0.15) is 0 Å². The van der Waals surface area contributed by atoms with Gasteiger partial charge in [-0.1, -0.05) is 35.0 Å². The summed E-state index contributed by atoms with van der Waals surface area (Å²) in [7, 11) is 0. The monoisotopic (exact) mass is 268 g/mol. The Labute approximate surface area is 99.3 Å². The van der Waals surface area contributed by atoms with Gasteiger partial charge in [0.25, 0.3) is 0 Å². The second kappa shape index (κ2) is 4.64. The van der Waals surface area contributed by atoms with Crippen molar-refractivity contribution < 1.29 is 0 Å². The van der Waals surface area contributed by atoms with E-state index in [9.17, 15) is 0 Å². The molecular weight excluding hydrogens is 252 g/mol. The zero-order chi connectivity index (χ0) is 10.8. The Bertz CT molecular complexity index is 340. The number of hydrogen-bond acceptors (Lipinski definition) is 2. The standard InChI is InChI=1S/C12H17BrN2/c1-8-5-11(8)12(15-14)7-9-3-2-4-10(13)6-9/h2-4,6,8,11-12,15H,5,7,14H2,1H3. The fourth-order valence-electron chi connectivity index (χ4n) is 2.16. The van der Waals surface area contributed by atoms with Gasteiger partial charge < -0.3 is 0 Å². The summed E-state index contributed by atoms with van der Waals surface area (Å²) in [6.45, 7) is 2.29. The third-order valence-electron chi connectivity index (χ3n) is 3.25. The molecule has 0 heterocycles. The Morgan fingerprint density at radius 3 is 2.87 bits per heavy atom. The molecule has 0 amide bonds. The predicted molar refractivity (Wildman–Crippen MR) is 66.2 cm³/mol. The molecule has 0 aromatic heterocycles. The van der Waals surface area contributed by atoms with Crippen LogP contribution in [-0.2, 0) is 6.42 Å². The van der Waals surface area contributed by atoms with E-state index in [1.54, 1.807) is 0 Å². The first kappa shape index (κ1) is 11.1. The summed E-state index contributed by atoms with van der Waals surface area (Å²) in [5, 5.41) is 0. The van der Waals surface area contributed by atoms with Crippen LogP contribution in [0.2, 0.25) is 0 Å². The van der Waals surface area contributed by atoms with Crippen LogP contribution in [0.3, 0.4) is 0 Å². The van der Waals surface area contributed by atoms with E-state index in [1.165, 1.54) is 12.0 Å². The molecule has 3 unspecified atom stereocenters. The van der Waals surface area contributed by atoms with Gasteiger partial charge >= 0.3 is 0 Å². The molecule has 3 heteroatoms. The minimum Gasteiger partial charge on any atom is -0.271 e. The Balaban J connectivity index is 2.00. The van der Waals surface area contributed by atoms with E-state index < -0.39 is 0 Å². The molecule has 1 aliphatic rings. The van der Waals surface area contributed by atoms with Gasteiger partial charge in [0.05, 0.1) is 0 Å². The highest BCUT2D eigenvalue weighted by molar-refractivity contribution is 9.10. The van der Waals surface area contributed by atoms with Gasteiger partial charge in [-0.3, -0.25) is 11.3 Å². The molecule has 1 aliphatic carbocycles. The fourth-order valence-corrected chi connectivity index (χ4v) is 2.61. The molecule has 0 radical (unpaired) electrons. The maximum Gasteiger partial charge on any atom is 0.0281 e. The van der Waals surface area contributed by atoms with Gasteiger partial charge in [0.15, 0.2) is 0 Å². The topological polar surface area (TPSA) is 38.0 Å². The number of hydrazine groups is 1. The molecule has 0 spiro atoms. The number of nitrogens with one attached hydrogen (secondary N) is 1. The zero-order valence-corrected chi connectivity index (χ0v) is 10.5. The molecular formula is C12H17BrN2. The van der Waals surface area contributed by atoms with Gasteiger partial charge in [-0.25, -0.2) is 0 Å². The lowest BCUT2D eigenvalue weighted by Gasteiger charge is -2.15. The van der Waals surface area contributed by atoms with Crippen LogP contribution in [0.25, 0.3) is 0 Å². The number of benzene rings is 1. The van der Waals surface area contributed by atoms with Crippen molar-refractivity contribution in [3.8, 4) is 0 Å². The highest BCUT2D eigenvalue weighted by Crippen LogP contribution is 2.41. The minimum absolute atomic E-state index is 0.425.